The predicted molar refractivity (Wildman–Crippen MR) is 123 cm³/mol. The highest BCUT2D eigenvalue weighted by Gasteiger charge is 2.37. The Balaban J connectivity index is 1.60. The number of aromatic amines is 1. The zero-order valence-electron chi connectivity index (χ0n) is 19.4. The summed E-state index contributed by atoms with van der Waals surface area (Å²) >= 11 is 0. The zero-order chi connectivity index (χ0) is 23.0. The van der Waals surface area contributed by atoms with Gasteiger partial charge in [-0.3, -0.25) is 9.79 Å². The fourth-order valence-electron chi connectivity index (χ4n) is 4.63. The van der Waals surface area contributed by atoms with E-state index in [1.165, 1.54) is 18.2 Å². The number of nitrogens with one attached hydrogen (secondary N) is 2. The average molecular weight is 438 g/mol. The van der Waals surface area contributed by atoms with Crippen LogP contribution in [0.2, 0.25) is 0 Å². The van der Waals surface area contributed by atoms with Gasteiger partial charge < -0.3 is 19.9 Å². The quantitative estimate of drug-likeness (QED) is 0.736. The lowest BCUT2D eigenvalue weighted by molar-refractivity contribution is -0.135. The highest BCUT2D eigenvalue weighted by Crippen LogP contribution is 2.40. The fourth-order valence-corrected chi connectivity index (χ4v) is 4.63. The highest BCUT2D eigenvalue weighted by molar-refractivity contribution is 5.96. The van der Waals surface area contributed by atoms with E-state index >= 15 is 0 Å². The van der Waals surface area contributed by atoms with Crippen molar-refractivity contribution in [3.63, 3.8) is 0 Å². The lowest BCUT2D eigenvalue weighted by Crippen LogP contribution is -2.51. The van der Waals surface area contributed by atoms with Crippen molar-refractivity contribution in [2.75, 3.05) is 13.7 Å². The van der Waals surface area contributed by atoms with E-state index in [-0.39, 0.29) is 17.9 Å². The van der Waals surface area contributed by atoms with Gasteiger partial charge in [0.15, 0.2) is 0 Å². The van der Waals surface area contributed by atoms with Crippen LogP contribution in [0.15, 0.2) is 23.3 Å². The molecule has 2 aliphatic rings. The number of carbonyl (C=O) groups is 2. The van der Waals surface area contributed by atoms with Crippen LogP contribution >= 0.6 is 0 Å². The second-order valence-electron chi connectivity index (χ2n) is 9.01. The summed E-state index contributed by atoms with van der Waals surface area (Å²) in [4.78, 5) is 39.8. The number of ether oxygens (including phenoxy) is 1. The van der Waals surface area contributed by atoms with Crippen molar-refractivity contribution in [2.24, 2.45) is 10.9 Å². The molecule has 8 nitrogen and oxygen atoms in total. The van der Waals surface area contributed by atoms with Crippen LogP contribution in [-0.4, -0.2) is 52.3 Å². The largest absolute Gasteiger partial charge is 0.453 e. The first-order valence-corrected chi connectivity index (χ1v) is 11.2. The van der Waals surface area contributed by atoms with Gasteiger partial charge in [0, 0.05) is 24.2 Å². The van der Waals surface area contributed by atoms with Crippen LogP contribution in [0.3, 0.4) is 0 Å². The Kier molecular flexibility index (Phi) is 6.04. The molecule has 1 aromatic heterocycles. The maximum absolute atomic E-state index is 13.3. The summed E-state index contributed by atoms with van der Waals surface area (Å²) in [6.07, 6.45) is 3.82. The van der Waals surface area contributed by atoms with Crippen LogP contribution in [0.25, 0.3) is 11.3 Å². The van der Waals surface area contributed by atoms with E-state index in [4.69, 9.17) is 9.73 Å². The number of likely N-dealkylation sites (tertiary alicyclic amines) is 1. The van der Waals surface area contributed by atoms with Gasteiger partial charge in [-0.25, -0.2) is 9.78 Å². The number of rotatable bonds is 5. The minimum absolute atomic E-state index is 0.0636. The Morgan fingerprint density at radius 2 is 2.06 bits per heavy atom. The highest BCUT2D eigenvalue weighted by atomic mass is 16.5. The first kappa shape index (κ1) is 22.0. The van der Waals surface area contributed by atoms with Crippen molar-refractivity contribution in [3.05, 3.63) is 35.3 Å². The second kappa shape index (κ2) is 8.76. The summed E-state index contributed by atoms with van der Waals surface area (Å²) < 4.78 is 4.71. The third-order valence-corrected chi connectivity index (χ3v) is 6.38. The average Bonchev–Trinajstić information content (AvgIpc) is 3.50. The maximum Gasteiger partial charge on any atom is 0.407 e. The molecule has 1 fully saturated rings. The van der Waals surface area contributed by atoms with Crippen molar-refractivity contribution in [3.8, 4) is 11.3 Å². The Morgan fingerprint density at radius 1 is 1.28 bits per heavy atom. The van der Waals surface area contributed by atoms with E-state index in [2.05, 4.69) is 41.3 Å². The van der Waals surface area contributed by atoms with Crippen molar-refractivity contribution < 1.29 is 14.3 Å². The molecule has 0 spiro atoms. The molecular formula is C24H31N5O3. The van der Waals surface area contributed by atoms with Gasteiger partial charge in [-0.2, -0.15) is 0 Å². The molecule has 2 aromatic rings. The molecule has 32 heavy (non-hydrogen) atoms. The van der Waals surface area contributed by atoms with Crippen LogP contribution in [0, 0.1) is 12.8 Å². The first-order chi connectivity index (χ1) is 15.3. The minimum Gasteiger partial charge on any atom is -0.453 e. The summed E-state index contributed by atoms with van der Waals surface area (Å²) in [6, 6.07) is 3.41. The minimum atomic E-state index is -0.643. The third-order valence-electron chi connectivity index (χ3n) is 6.38. The van der Waals surface area contributed by atoms with Crippen molar-refractivity contribution in [2.45, 2.75) is 59.0 Å². The van der Waals surface area contributed by atoms with Gasteiger partial charge in [-0.15, -0.1) is 0 Å². The van der Waals surface area contributed by atoms with E-state index in [9.17, 15) is 9.59 Å². The number of carbonyl (C=O) groups excluding carboxylic acids is 2. The number of methoxy groups -OCH3 is 1. The molecule has 0 saturated carbocycles. The number of fused-ring (bicyclic) bond motifs is 1. The summed E-state index contributed by atoms with van der Waals surface area (Å²) in [5.41, 5.74) is 6.57. The second-order valence-corrected chi connectivity index (χ2v) is 9.01. The van der Waals surface area contributed by atoms with Gasteiger partial charge in [0.2, 0.25) is 5.91 Å². The number of alkyl carbamates (subject to hydrolysis) is 1. The first-order valence-electron chi connectivity index (χ1n) is 11.2. The van der Waals surface area contributed by atoms with Gasteiger partial charge >= 0.3 is 6.09 Å². The number of amides is 2. The van der Waals surface area contributed by atoms with E-state index in [1.807, 2.05) is 24.9 Å². The van der Waals surface area contributed by atoms with E-state index in [1.54, 1.807) is 0 Å². The number of aryl methyl sites for hydroxylation is 1. The molecule has 0 bridgehead atoms. The van der Waals surface area contributed by atoms with E-state index < -0.39 is 12.1 Å². The molecule has 2 N–H and O–H groups in total. The van der Waals surface area contributed by atoms with Crippen molar-refractivity contribution in [1.82, 2.24) is 20.2 Å². The van der Waals surface area contributed by atoms with Gasteiger partial charge in [0.25, 0.3) is 0 Å². The van der Waals surface area contributed by atoms with E-state index in [0.717, 1.165) is 47.7 Å². The molecule has 8 heteroatoms. The Labute approximate surface area is 188 Å². The molecule has 2 atom stereocenters. The van der Waals surface area contributed by atoms with Gasteiger partial charge in [0.05, 0.1) is 30.7 Å². The van der Waals surface area contributed by atoms with Crippen molar-refractivity contribution in [1.29, 1.82) is 0 Å². The third kappa shape index (κ3) is 4.01. The van der Waals surface area contributed by atoms with Crippen LogP contribution < -0.4 is 5.32 Å². The Morgan fingerprint density at radius 3 is 2.78 bits per heavy atom. The SMILES string of the molecule is COC(=O)N[C@H](C(=O)N1CCC[C@H]1c1ncc(-c2ccc(C)c3c2N=C(C)C3)[nH]1)C(C)C. The van der Waals surface area contributed by atoms with Crippen LogP contribution in [0.4, 0.5) is 10.5 Å². The zero-order valence-corrected chi connectivity index (χ0v) is 19.4. The maximum atomic E-state index is 13.3. The number of H-pyrrole nitrogens is 1. The smallest absolute Gasteiger partial charge is 0.407 e. The number of imidazole rings is 1. The van der Waals surface area contributed by atoms with Gasteiger partial charge in [-0.05, 0) is 43.7 Å². The molecule has 4 rings (SSSR count). The molecule has 0 radical (unpaired) electrons. The Bertz CT molecular complexity index is 1070. The van der Waals surface area contributed by atoms with Crippen LogP contribution in [0.5, 0.6) is 0 Å². The topological polar surface area (TPSA) is 99.7 Å². The molecule has 2 amide bonds. The standard InChI is InChI=1S/C24H31N5O3/c1-13(2)20(28-24(31)32-5)23(30)29-10-6-7-19(29)22-25-12-18(27-22)16-9-8-14(3)17-11-15(4)26-21(16)17/h8-9,12-13,19-20H,6-7,10-11H2,1-5H3,(H,25,27)(H,28,31)/t19-,20-/m0/s1. The summed E-state index contributed by atoms with van der Waals surface area (Å²) in [5, 5.41) is 2.69. The molecule has 2 aliphatic heterocycles. The molecular weight excluding hydrogens is 406 g/mol. The summed E-state index contributed by atoms with van der Waals surface area (Å²) in [7, 11) is 1.30. The molecule has 1 saturated heterocycles. The molecule has 0 unspecified atom stereocenters. The Hall–Kier alpha value is -3.16. The monoisotopic (exact) mass is 437 g/mol. The number of aliphatic imine (C=N–C) groups is 1. The van der Waals surface area contributed by atoms with Gasteiger partial charge in [-0.1, -0.05) is 26.0 Å². The lowest BCUT2D eigenvalue weighted by atomic mass is 9.99. The molecule has 3 heterocycles. The van der Waals surface area contributed by atoms with Gasteiger partial charge in [0.1, 0.15) is 11.9 Å². The normalized spacial score (nSPS) is 18.5. The lowest BCUT2D eigenvalue weighted by Gasteiger charge is -2.30. The number of hydrogen-bond donors (Lipinski definition) is 2. The molecule has 1 aromatic carbocycles. The van der Waals surface area contributed by atoms with E-state index in [0.29, 0.717) is 6.54 Å². The number of aromatic nitrogens is 2. The number of nitrogens with zero attached hydrogens (tertiary/aromatic N) is 3. The molecule has 170 valence electrons. The fraction of sp³-hybridized carbons (Fsp3) is 0.500. The number of benzene rings is 1. The molecule has 0 aliphatic carbocycles. The number of hydrogen-bond acceptors (Lipinski definition) is 5. The summed E-state index contributed by atoms with van der Waals surface area (Å²) in [5.74, 6) is 0.591. The summed E-state index contributed by atoms with van der Waals surface area (Å²) in [6.45, 7) is 8.63. The van der Waals surface area contributed by atoms with Crippen molar-refractivity contribution >= 4 is 23.4 Å². The van der Waals surface area contributed by atoms with Crippen LogP contribution in [0.1, 0.15) is 56.6 Å². The predicted octanol–water partition coefficient (Wildman–Crippen LogP) is 4.08. The van der Waals surface area contributed by atoms with Crippen LogP contribution in [-0.2, 0) is 16.0 Å².